The average Bonchev–Trinajstić information content (AvgIpc) is 2.51. The first kappa shape index (κ1) is 10.5. The molecular formula is C9H17N3S. The predicted octanol–water partition coefficient (Wildman–Crippen LogP) is 1.86. The summed E-state index contributed by atoms with van der Waals surface area (Å²) >= 11 is 1.67. The highest BCUT2D eigenvalue weighted by atomic mass is 32.1. The van der Waals surface area contributed by atoms with E-state index in [-0.39, 0.29) is 0 Å². The Morgan fingerprint density at radius 2 is 2.31 bits per heavy atom. The molecule has 3 nitrogen and oxygen atoms in total. The van der Waals surface area contributed by atoms with Gasteiger partial charge in [-0.25, -0.2) is 4.98 Å². The van der Waals surface area contributed by atoms with Gasteiger partial charge in [-0.1, -0.05) is 6.92 Å². The summed E-state index contributed by atoms with van der Waals surface area (Å²) in [6, 6.07) is 0. The predicted molar refractivity (Wildman–Crippen MR) is 58.5 cm³/mol. The molecule has 0 fully saturated rings. The Morgan fingerprint density at radius 1 is 1.46 bits per heavy atom. The number of thiazole rings is 1. The maximum atomic E-state index is 4.32. The summed E-state index contributed by atoms with van der Waals surface area (Å²) < 4.78 is 0. The molecule has 1 aromatic rings. The van der Waals surface area contributed by atoms with Crippen LogP contribution >= 0.6 is 11.3 Å². The highest BCUT2D eigenvalue weighted by molar-refractivity contribution is 7.13. The second kappa shape index (κ2) is 5.94. The smallest absolute Gasteiger partial charge is 0.182 e. The molecule has 0 radical (unpaired) electrons. The number of nitrogens with zero attached hydrogens (tertiary/aromatic N) is 1. The molecule has 74 valence electrons. The van der Waals surface area contributed by atoms with Crippen molar-refractivity contribution >= 4 is 16.5 Å². The van der Waals surface area contributed by atoms with E-state index in [1.54, 1.807) is 11.3 Å². The molecule has 4 heteroatoms. The molecule has 0 bridgehead atoms. The maximum Gasteiger partial charge on any atom is 0.182 e. The van der Waals surface area contributed by atoms with Crippen molar-refractivity contribution in [3.63, 3.8) is 0 Å². The first-order valence-electron chi connectivity index (χ1n) is 4.69. The zero-order chi connectivity index (χ0) is 9.52. The molecule has 0 saturated heterocycles. The van der Waals surface area contributed by atoms with Crippen molar-refractivity contribution in [2.45, 2.75) is 20.3 Å². The second-order valence-electron chi connectivity index (χ2n) is 2.93. The van der Waals surface area contributed by atoms with E-state index in [4.69, 9.17) is 0 Å². The van der Waals surface area contributed by atoms with Crippen LogP contribution in [0.25, 0.3) is 0 Å². The molecule has 0 spiro atoms. The first-order chi connectivity index (χ1) is 6.33. The van der Waals surface area contributed by atoms with Gasteiger partial charge < -0.3 is 10.6 Å². The van der Waals surface area contributed by atoms with Crippen LogP contribution in [0.4, 0.5) is 5.13 Å². The van der Waals surface area contributed by atoms with Gasteiger partial charge in [0.25, 0.3) is 0 Å². The second-order valence-corrected chi connectivity index (χ2v) is 3.79. The number of nitrogens with one attached hydrogen (secondary N) is 2. The highest BCUT2D eigenvalue weighted by Crippen LogP contribution is 2.13. The monoisotopic (exact) mass is 199 g/mol. The molecule has 0 aliphatic rings. The molecule has 1 heterocycles. The van der Waals surface area contributed by atoms with Gasteiger partial charge in [-0.3, -0.25) is 0 Å². The quantitative estimate of drug-likeness (QED) is 0.687. The normalized spacial score (nSPS) is 10.3. The highest BCUT2D eigenvalue weighted by Gasteiger charge is 1.95. The van der Waals surface area contributed by atoms with Crippen molar-refractivity contribution in [3.05, 3.63) is 11.1 Å². The molecule has 1 aromatic heterocycles. The fourth-order valence-corrected chi connectivity index (χ4v) is 1.74. The Labute approximate surface area is 83.6 Å². The van der Waals surface area contributed by atoms with Crippen LogP contribution in [-0.4, -0.2) is 24.6 Å². The Bertz CT molecular complexity index is 235. The summed E-state index contributed by atoms with van der Waals surface area (Å²) in [4.78, 5) is 4.32. The van der Waals surface area contributed by atoms with Crippen LogP contribution in [0.15, 0.2) is 5.38 Å². The lowest BCUT2D eigenvalue weighted by molar-refractivity contribution is 0.688. The number of aryl methyl sites for hydroxylation is 1. The van der Waals surface area contributed by atoms with Gasteiger partial charge in [0.1, 0.15) is 0 Å². The lowest BCUT2D eigenvalue weighted by Gasteiger charge is -2.02. The average molecular weight is 199 g/mol. The van der Waals surface area contributed by atoms with E-state index in [2.05, 4.69) is 27.9 Å². The third-order valence-corrected chi connectivity index (χ3v) is 2.59. The van der Waals surface area contributed by atoms with Gasteiger partial charge in [-0.2, -0.15) is 0 Å². The van der Waals surface area contributed by atoms with Crippen LogP contribution in [0.5, 0.6) is 0 Å². The topological polar surface area (TPSA) is 37.0 Å². The van der Waals surface area contributed by atoms with E-state index in [1.807, 2.05) is 6.92 Å². The first-order valence-corrected chi connectivity index (χ1v) is 5.57. The van der Waals surface area contributed by atoms with Gasteiger partial charge in [-0.15, -0.1) is 11.3 Å². The summed E-state index contributed by atoms with van der Waals surface area (Å²) in [5, 5.41) is 9.67. The van der Waals surface area contributed by atoms with Crippen LogP contribution in [-0.2, 0) is 0 Å². The number of anilines is 1. The summed E-state index contributed by atoms with van der Waals surface area (Å²) in [6.07, 6.45) is 1.15. The number of aromatic nitrogens is 1. The number of hydrogen-bond donors (Lipinski definition) is 2. The molecule has 2 N–H and O–H groups in total. The third-order valence-electron chi connectivity index (χ3n) is 1.68. The molecule has 0 amide bonds. The molecule has 0 atom stereocenters. The van der Waals surface area contributed by atoms with Crippen molar-refractivity contribution in [1.82, 2.24) is 10.3 Å². The molecule has 0 aromatic carbocycles. The zero-order valence-electron chi connectivity index (χ0n) is 8.26. The van der Waals surface area contributed by atoms with Crippen LogP contribution in [0.2, 0.25) is 0 Å². The van der Waals surface area contributed by atoms with Crippen LogP contribution in [0.1, 0.15) is 19.0 Å². The number of hydrogen-bond acceptors (Lipinski definition) is 4. The molecule has 0 saturated carbocycles. The summed E-state index contributed by atoms with van der Waals surface area (Å²) in [5.41, 5.74) is 1.10. The van der Waals surface area contributed by atoms with Gasteiger partial charge in [0.05, 0.1) is 5.69 Å². The third kappa shape index (κ3) is 4.24. The zero-order valence-corrected chi connectivity index (χ0v) is 9.08. The minimum atomic E-state index is 1.000. The Hall–Kier alpha value is -0.610. The molecule has 0 unspecified atom stereocenters. The van der Waals surface area contributed by atoms with E-state index in [0.29, 0.717) is 0 Å². The van der Waals surface area contributed by atoms with E-state index in [0.717, 1.165) is 36.9 Å². The van der Waals surface area contributed by atoms with E-state index in [1.165, 1.54) is 0 Å². The largest absolute Gasteiger partial charge is 0.361 e. The van der Waals surface area contributed by atoms with Gasteiger partial charge >= 0.3 is 0 Å². The summed E-state index contributed by atoms with van der Waals surface area (Å²) in [6.45, 7) is 7.27. The number of rotatable bonds is 6. The standard InChI is InChI=1S/C9H17N3S/c1-3-10-5-4-6-11-9-12-8(2)7-13-9/h7,10H,3-6H2,1-2H3,(H,11,12). The fraction of sp³-hybridized carbons (Fsp3) is 0.667. The lowest BCUT2D eigenvalue weighted by atomic mass is 10.4. The minimum Gasteiger partial charge on any atom is -0.361 e. The van der Waals surface area contributed by atoms with Crippen molar-refractivity contribution < 1.29 is 0 Å². The Kier molecular flexibility index (Phi) is 4.78. The van der Waals surface area contributed by atoms with Crippen molar-refractivity contribution in [3.8, 4) is 0 Å². The van der Waals surface area contributed by atoms with Crippen molar-refractivity contribution in [1.29, 1.82) is 0 Å². The molecule has 13 heavy (non-hydrogen) atoms. The van der Waals surface area contributed by atoms with Gasteiger partial charge in [0, 0.05) is 11.9 Å². The molecular weight excluding hydrogens is 182 g/mol. The van der Waals surface area contributed by atoms with Crippen molar-refractivity contribution in [2.24, 2.45) is 0 Å². The lowest BCUT2D eigenvalue weighted by Crippen LogP contribution is -2.17. The minimum absolute atomic E-state index is 1.000. The molecule has 1 rings (SSSR count). The van der Waals surface area contributed by atoms with E-state index < -0.39 is 0 Å². The Morgan fingerprint density at radius 3 is 2.92 bits per heavy atom. The van der Waals surface area contributed by atoms with E-state index >= 15 is 0 Å². The molecule has 0 aliphatic heterocycles. The maximum absolute atomic E-state index is 4.32. The van der Waals surface area contributed by atoms with Crippen LogP contribution in [0, 0.1) is 6.92 Å². The van der Waals surface area contributed by atoms with Gasteiger partial charge in [0.15, 0.2) is 5.13 Å². The van der Waals surface area contributed by atoms with Crippen molar-refractivity contribution in [2.75, 3.05) is 25.0 Å². The van der Waals surface area contributed by atoms with Crippen LogP contribution in [0.3, 0.4) is 0 Å². The van der Waals surface area contributed by atoms with E-state index in [9.17, 15) is 0 Å². The van der Waals surface area contributed by atoms with Gasteiger partial charge in [0.2, 0.25) is 0 Å². The van der Waals surface area contributed by atoms with Gasteiger partial charge in [-0.05, 0) is 26.4 Å². The fourth-order valence-electron chi connectivity index (χ4n) is 1.02. The molecule has 0 aliphatic carbocycles. The SMILES string of the molecule is CCNCCCNc1nc(C)cs1. The summed E-state index contributed by atoms with van der Waals surface area (Å²) in [5.74, 6) is 0. The van der Waals surface area contributed by atoms with Crippen LogP contribution < -0.4 is 10.6 Å². The Balaban J connectivity index is 2.06. The summed E-state index contributed by atoms with van der Waals surface area (Å²) in [7, 11) is 0.